The number of rotatable bonds is 13. The van der Waals surface area contributed by atoms with Crippen LogP contribution in [0.15, 0.2) is 48.7 Å². The molecule has 3 unspecified atom stereocenters. The van der Waals surface area contributed by atoms with Gasteiger partial charge in [0, 0.05) is 0 Å². The lowest BCUT2D eigenvalue weighted by Gasteiger charge is -2.36. The molecule has 24 heavy (non-hydrogen) atoms. The Labute approximate surface area is 150 Å². The summed E-state index contributed by atoms with van der Waals surface area (Å²) < 4.78 is 19.1. The van der Waals surface area contributed by atoms with E-state index in [9.17, 15) is 0 Å². The molecule has 0 aliphatic rings. The standard InChI is InChI=1S/C20H36O3Si/c1-11-18(15(5)6)21-24(14-4,22-19(12-2)16(7)8)23-20(13-3)17(9)10/h14,18-20H,4-5,7,9,11-13H2,1-3,6,8,10H3. The fraction of sp³-hybridized carbons (Fsp3) is 0.600. The van der Waals surface area contributed by atoms with Gasteiger partial charge in [-0.3, -0.25) is 0 Å². The summed E-state index contributed by atoms with van der Waals surface area (Å²) >= 11 is 0. The van der Waals surface area contributed by atoms with E-state index in [1.54, 1.807) is 5.70 Å². The van der Waals surface area contributed by atoms with Crippen LogP contribution in [0.25, 0.3) is 0 Å². The summed E-state index contributed by atoms with van der Waals surface area (Å²) in [6.07, 6.45) is 2.04. The van der Waals surface area contributed by atoms with Crippen molar-refractivity contribution in [2.75, 3.05) is 0 Å². The zero-order chi connectivity index (χ0) is 18.9. The molecule has 0 heterocycles. The van der Waals surface area contributed by atoms with Gasteiger partial charge in [0.05, 0.1) is 18.3 Å². The highest BCUT2D eigenvalue weighted by atomic mass is 28.4. The van der Waals surface area contributed by atoms with Crippen LogP contribution in [0.4, 0.5) is 0 Å². The van der Waals surface area contributed by atoms with Gasteiger partial charge < -0.3 is 13.3 Å². The molecule has 0 aliphatic carbocycles. The van der Waals surface area contributed by atoms with Crippen LogP contribution in [0.5, 0.6) is 0 Å². The fourth-order valence-corrected chi connectivity index (χ4v) is 5.17. The van der Waals surface area contributed by atoms with Crippen LogP contribution in [0, 0.1) is 0 Å². The Hall–Kier alpha value is -0.943. The highest BCUT2D eigenvalue weighted by Gasteiger charge is 2.44. The van der Waals surface area contributed by atoms with Crippen molar-refractivity contribution in [2.24, 2.45) is 0 Å². The third kappa shape index (κ3) is 6.89. The van der Waals surface area contributed by atoms with Crippen molar-refractivity contribution in [1.29, 1.82) is 0 Å². The van der Waals surface area contributed by atoms with Crippen molar-refractivity contribution < 1.29 is 13.3 Å². The van der Waals surface area contributed by atoms with Crippen LogP contribution in [0.1, 0.15) is 60.8 Å². The van der Waals surface area contributed by atoms with Crippen molar-refractivity contribution in [1.82, 2.24) is 0 Å². The molecule has 0 rings (SSSR count). The molecule has 0 saturated carbocycles. The second-order valence-electron chi connectivity index (χ2n) is 6.39. The third-order valence-electron chi connectivity index (χ3n) is 3.93. The van der Waals surface area contributed by atoms with E-state index < -0.39 is 8.80 Å². The normalized spacial score (nSPS) is 17.4. The molecule has 0 aliphatic heterocycles. The van der Waals surface area contributed by atoms with Crippen LogP contribution in [-0.2, 0) is 13.3 Å². The predicted molar refractivity (Wildman–Crippen MR) is 106 cm³/mol. The fourth-order valence-electron chi connectivity index (χ4n) is 2.42. The first-order valence-electron chi connectivity index (χ1n) is 8.79. The van der Waals surface area contributed by atoms with E-state index in [0.29, 0.717) is 0 Å². The van der Waals surface area contributed by atoms with Crippen LogP contribution >= 0.6 is 0 Å². The van der Waals surface area contributed by atoms with Gasteiger partial charge in [0.25, 0.3) is 0 Å². The minimum absolute atomic E-state index is 0.125. The SMILES string of the molecule is C=C[Si](OC(CC)C(=C)C)(OC(CC)C(=C)C)OC(CC)C(=C)C. The van der Waals surface area contributed by atoms with Crippen LogP contribution < -0.4 is 0 Å². The van der Waals surface area contributed by atoms with E-state index in [4.69, 9.17) is 13.3 Å². The minimum Gasteiger partial charge on any atom is -0.363 e. The summed E-state index contributed by atoms with van der Waals surface area (Å²) in [6.45, 7) is 28.1. The van der Waals surface area contributed by atoms with Gasteiger partial charge in [-0.1, -0.05) is 63.8 Å². The van der Waals surface area contributed by atoms with E-state index in [1.807, 2.05) is 20.8 Å². The maximum absolute atomic E-state index is 6.36. The van der Waals surface area contributed by atoms with Crippen molar-refractivity contribution >= 4 is 8.80 Å². The zero-order valence-electron chi connectivity index (χ0n) is 16.5. The first-order valence-corrected chi connectivity index (χ1v) is 10.6. The van der Waals surface area contributed by atoms with Crippen molar-refractivity contribution in [2.45, 2.75) is 79.1 Å². The van der Waals surface area contributed by atoms with Crippen molar-refractivity contribution in [3.8, 4) is 0 Å². The Balaban J connectivity index is 5.72. The van der Waals surface area contributed by atoms with E-state index in [-0.39, 0.29) is 18.3 Å². The Bertz CT molecular complexity index is 396. The number of hydrogen-bond acceptors (Lipinski definition) is 3. The topological polar surface area (TPSA) is 27.7 Å². The molecule has 0 aromatic carbocycles. The smallest absolute Gasteiger partial charge is 0.363 e. The Morgan fingerprint density at radius 1 is 0.750 bits per heavy atom. The van der Waals surface area contributed by atoms with Gasteiger partial charge in [0.2, 0.25) is 0 Å². The monoisotopic (exact) mass is 352 g/mol. The summed E-state index contributed by atoms with van der Waals surface area (Å²) in [5, 5.41) is 0. The molecule has 0 amide bonds. The van der Waals surface area contributed by atoms with E-state index in [1.165, 1.54) is 0 Å². The molecule has 0 saturated heterocycles. The Kier molecular flexibility index (Phi) is 10.4. The summed E-state index contributed by atoms with van der Waals surface area (Å²) in [6, 6.07) is 0. The van der Waals surface area contributed by atoms with E-state index in [2.05, 4.69) is 47.1 Å². The summed E-state index contributed by atoms with van der Waals surface area (Å²) in [5.41, 5.74) is 4.58. The molecular formula is C20H36O3Si. The second-order valence-corrected chi connectivity index (χ2v) is 8.71. The van der Waals surface area contributed by atoms with Crippen LogP contribution in [0.3, 0.4) is 0 Å². The molecule has 0 aromatic heterocycles. The zero-order valence-corrected chi connectivity index (χ0v) is 17.5. The summed E-state index contributed by atoms with van der Waals surface area (Å²) in [5.74, 6) is 0. The molecule has 0 bridgehead atoms. The van der Waals surface area contributed by atoms with Gasteiger partial charge in [0.15, 0.2) is 0 Å². The molecule has 0 fully saturated rings. The lowest BCUT2D eigenvalue weighted by atomic mass is 10.1. The average molecular weight is 353 g/mol. The lowest BCUT2D eigenvalue weighted by Crippen LogP contribution is -2.51. The molecule has 138 valence electrons. The van der Waals surface area contributed by atoms with Gasteiger partial charge in [0.1, 0.15) is 0 Å². The quantitative estimate of drug-likeness (QED) is 0.311. The highest BCUT2D eigenvalue weighted by molar-refractivity contribution is 6.66. The molecule has 3 atom stereocenters. The second kappa shape index (κ2) is 10.8. The molecule has 0 N–H and O–H groups in total. The molecule has 4 heteroatoms. The van der Waals surface area contributed by atoms with E-state index in [0.717, 1.165) is 36.0 Å². The van der Waals surface area contributed by atoms with Gasteiger partial charge in [-0.05, 0) is 45.7 Å². The van der Waals surface area contributed by atoms with Gasteiger partial charge >= 0.3 is 8.80 Å². The third-order valence-corrected chi connectivity index (χ3v) is 6.27. The van der Waals surface area contributed by atoms with Gasteiger partial charge in [-0.15, -0.1) is 0 Å². The lowest BCUT2D eigenvalue weighted by molar-refractivity contribution is 0.0110. The summed E-state index contributed by atoms with van der Waals surface area (Å²) in [4.78, 5) is 0. The molecule has 3 nitrogen and oxygen atoms in total. The average Bonchev–Trinajstić information content (AvgIpc) is 2.53. The molecule has 0 radical (unpaired) electrons. The molecule has 0 aromatic rings. The maximum Gasteiger partial charge on any atom is 0.530 e. The number of hydrogen-bond donors (Lipinski definition) is 0. The largest absolute Gasteiger partial charge is 0.530 e. The Morgan fingerprint density at radius 2 is 1.00 bits per heavy atom. The highest BCUT2D eigenvalue weighted by Crippen LogP contribution is 2.27. The van der Waals surface area contributed by atoms with Gasteiger partial charge in [-0.2, -0.15) is 0 Å². The van der Waals surface area contributed by atoms with Gasteiger partial charge in [-0.25, -0.2) is 0 Å². The van der Waals surface area contributed by atoms with Crippen molar-refractivity contribution in [3.63, 3.8) is 0 Å². The molecule has 0 spiro atoms. The van der Waals surface area contributed by atoms with Crippen LogP contribution in [0.2, 0.25) is 0 Å². The van der Waals surface area contributed by atoms with Crippen molar-refractivity contribution in [3.05, 3.63) is 48.7 Å². The van der Waals surface area contributed by atoms with Crippen LogP contribution in [-0.4, -0.2) is 27.1 Å². The Morgan fingerprint density at radius 3 is 1.12 bits per heavy atom. The first-order chi connectivity index (χ1) is 11.2. The predicted octanol–water partition coefficient (Wildman–Crippen LogP) is 5.76. The maximum atomic E-state index is 6.36. The first kappa shape index (κ1) is 23.1. The minimum atomic E-state index is -3.13. The van der Waals surface area contributed by atoms with E-state index >= 15 is 0 Å². The summed E-state index contributed by atoms with van der Waals surface area (Å²) in [7, 11) is -3.13. The molecular weight excluding hydrogens is 316 g/mol.